The first-order valence-electron chi connectivity index (χ1n) is 9.94. The summed E-state index contributed by atoms with van der Waals surface area (Å²) in [7, 11) is 0. The Morgan fingerprint density at radius 2 is 1.52 bits per heavy atom. The third kappa shape index (κ3) is 3.03. The Balaban J connectivity index is 1.75. The molecule has 2 heterocycles. The van der Waals surface area contributed by atoms with Gasteiger partial charge >= 0.3 is 0 Å². The SMILES string of the molecule is CCC(C)(CC)c1nc2cc3nc(-c4ccc(C(C)C)cc4)[nH]c3cc2[nH]1. The smallest absolute Gasteiger partial charge is 0.138 e. The van der Waals surface area contributed by atoms with Crippen molar-refractivity contribution in [3.63, 3.8) is 0 Å². The highest BCUT2D eigenvalue weighted by Crippen LogP contribution is 2.32. The van der Waals surface area contributed by atoms with Gasteiger partial charge in [0, 0.05) is 11.0 Å². The number of imidazole rings is 2. The fourth-order valence-corrected chi connectivity index (χ4v) is 3.55. The van der Waals surface area contributed by atoms with Gasteiger partial charge in [0.15, 0.2) is 0 Å². The minimum Gasteiger partial charge on any atom is -0.341 e. The molecular formula is C23H28N4. The normalized spacial score (nSPS) is 12.5. The zero-order valence-corrected chi connectivity index (χ0v) is 16.9. The second kappa shape index (κ2) is 6.52. The van der Waals surface area contributed by atoms with E-state index in [1.165, 1.54) is 5.56 Å². The van der Waals surface area contributed by atoms with Gasteiger partial charge in [0.05, 0.1) is 22.1 Å². The molecule has 0 fully saturated rings. The quantitative estimate of drug-likeness (QED) is 0.438. The molecule has 2 aromatic heterocycles. The number of aromatic nitrogens is 4. The summed E-state index contributed by atoms with van der Waals surface area (Å²) >= 11 is 0. The van der Waals surface area contributed by atoms with Crippen LogP contribution in [0.2, 0.25) is 0 Å². The number of hydrogen-bond donors (Lipinski definition) is 2. The van der Waals surface area contributed by atoms with E-state index in [0.717, 1.165) is 52.1 Å². The average molecular weight is 361 g/mol. The number of hydrogen-bond acceptors (Lipinski definition) is 2. The number of rotatable bonds is 5. The zero-order chi connectivity index (χ0) is 19.2. The third-order valence-electron chi connectivity index (χ3n) is 6.07. The number of nitrogens with zero attached hydrogens (tertiary/aromatic N) is 2. The van der Waals surface area contributed by atoms with E-state index >= 15 is 0 Å². The molecule has 4 heteroatoms. The van der Waals surface area contributed by atoms with Crippen LogP contribution in [0.5, 0.6) is 0 Å². The van der Waals surface area contributed by atoms with E-state index in [4.69, 9.17) is 9.97 Å². The van der Waals surface area contributed by atoms with Crippen molar-refractivity contribution >= 4 is 22.1 Å². The molecule has 0 aliphatic heterocycles. The fourth-order valence-electron chi connectivity index (χ4n) is 3.55. The summed E-state index contributed by atoms with van der Waals surface area (Å²) < 4.78 is 0. The van der Waals surface area contributed by atoms with Gasteiger partial charge in [-0.25, -0.2) is 9.97 Å². The molecule has 27 heavy (non-hydrogen) atoms. The average Bonchev–Trinajstić information content (AvgIpc) is 3.28. The van der Waals surface area contributed by atoms with Crippen LogP contribution >= 0.6 is 0 Å². The Hall–Kier alpha value is -2.62. The molecule has 140 valence electrons. The summed E-state index contributed by atoms with van der Waals surface area (Å²) in [5.74, 6) is 2.51. The van der Waals surface area contributed by atoms with Gasteiger partial charge in [0.25, 0.3) is 0 Å². The first-order valence-corrected chi connectivity index (χ1v) is 9.94. The van der Waals surface area contributed by atoms with Crippen molar-refractivity contribution in [2.45, 2.75) is 58.8 Å². The van der Waals surface area contributed by atoms with Gasteiger partial charge in [-0.15, -0.1) is 0 Å². The number of nitrogens with one attached hydrogen (secondary N) is 2. The van der Waals surface area contributed by atoms with Crippen LogP contribution in [0.1, 0.15) is 64.8 Å². The van der Waals surface area contributed by atoms with Gasteiger partial charge in [-0.3, -0.25) is 0 Å². The van der Waals surface area contributed by atoms with Crippen LogP contribution in [0.4, 0.5) is 0 Å². The Labute approximate surface area is 160 Å². The lowest BCUT2D eigenvalue weighted by Crippen LogP contribution is -2.21. The topological polar surface area (TPSA) is 57.4 Å². The van der Waals surface area contributed by atoms with Crippen LogP contribution in [0.15, 0.2) is 36.4 Å². The number of benzene rings is 2. The summed E-state index contributed by atoms with van der Waals surface area (Å²) in [6.45, 7) is 11.1. The van der Waals surface area contributed by atoms with Gasteiger partial charge in [-0.2, -0.15) is 0 Å². The molecule has 0 radical (unpaired) electrons. The number of H-pyrrole nitrogens is 2. The Morgan fingerprint density at radius 3 is 2.15 bits per heavy atom. The molecule has 0 bridgehead atoms. The van der Waals surface area contributed by atoms with E-state index in [1.54, 1.807) is 0 Å². The maximum Gasteiger partial charge on any atom is 0.138 e. The lowest BCUT2D eigenvalue weighted by molar-refractivity contribution is 0.416. The molecule has 0 spiro atoms. The molecular weight excluding hydrogens is 332 g/mol. The maximum atomic E-state index is 4.88. The van der Waals surface area contributed by atoms with Gasteiger partial charge in [0.1, 0.15) is 11.6 Å². The maximum absolute atomic E-state index is 4.88. The van der Waals surface area contributed by atoms with E-state index in [1.807, 2.05) is 0 Å². The first-order chi connectivity index (χ1) is 12.9. The monoisotopic (exact) mass is 360 g/mol. The van der Waals surface area contributed by atoms with Gasteiger partial charge in [-0.05, 0) is 36.5 Å². The van der Waals surface area contributed by atoms with Crippen molar-refractivity contribution in [1.29, 1.82) is 0 Å². The largest absolute Gasteiger partial charge is 0.341 e. The first kappa shape index (κ1) is 17.8. The molecule has 0 aliphatic carbocycles. The number of fused-ring (bicyclic) bond motifs is 2. The van der Waals surface area contributed by atoms with E-state index in [2.05, 4.69) is 81.0 Å². The minimum absolute atomic E-state index is 0.0868. The Bertz CT molecular complexity index is 1030. The highest BCUT2D eigenvalue weighted by atomic mass is 15.0. The molecule has 0 atom stereocenters. The molecule has 0 saturated heterocycles. The zero-order valence-electron chi connectivity index (χ0n) is 16.9. The van der Waals surface area contributed by atoms with Gasteiger partial charge in [0.2, 0.25) is 0 Å². The molecule has 0 aliphatic rings. The van der Waals surface area contributed by atoms with Crippen molar-refractivity contribution in [3.8, 4) is 11.4 Å². The molecule has 0 unspecified atom stereocenters. The van der Waals surface area contributed by atoms with Crippen LogP contribution in [0, 0.1) is 0 Å². The lowest BCUT2D eigenvalue weighted by Gasteiger charge is -2.23. The van der Waals surface area contributed by atoms with Gasteiger partial charge < -0.3 is 9.97 Å². The molecule has 0 amide bonds. The summed E-state index contributed by atoms with van der Waals surface area (Å²) in [6.07, 6.45) is 2.13. The highest BCUT2D eigenvalue weighted by Gasteiger charge is 2.26. The molecule has 4 aromatic rings. The predicted molar refractivity (Wildman–Crippen MR) is 113 cm³/mol. The molecule has 0 saturated carbocycles. The van der Waals surface area contributed by atoms with Gasteiger partial charge in [-0.1, -0.05) is 58.9 Å². The van der Waals surface area contributed by atoms with E-state index in [9.17, 15) is 0 Å². The summed E-state index contributed by atoms with van der Waals surface area (Å²) in [5, 5.41) is 0. The highest BCUT2D eigenvalue weighted by molar-refractivity contribution is 5.92. The Kier molecular flexibility index (Phi) is 4.29. The standard InChI is InChI=1S/C23H28N4/c1-6-23(5,7-2)22-26-19-12-17-18(13-20(19)27-22)25-21(24-17)16-10-8-15(9-11-16)14(3)4/h8-14H,6-7H2,1-5H3,(H,24,25)(H,26,27). The fraction of sp³-hybridized carbons (Fsp3) is 0.391. The predicted octanol–water partition coefficient (Wildman–Crippen LogP) is 6.31. The third-order valence-corrected chi connectivity index (χ3v) is 6.07. The number of aromatic amines is 2. The van der Waals surface area contributed by atoms with E-state index < -0.39 is 0 Å². The van der Waals surface area contributed by atoms with E-state index in [0.29, 0.717) is 5.92 Å². The lowest BCUT2D eigenvalue weighted by atomic mass is 9.84. The minimum atomic E-state index is 0.0868. The second-order valence-corrected chi connectivity index (χ2v) is 8.10. The van der Waals surface area contributed by atoms with Crippen LogP contribution in [-0.2, 0) is 5.41 Å². The molecule has 2 aromatic carbocycles. The van der Waals surface area contributed by atoms with Crippen molar-refractivity contribution < 1.29 is 0 Å². The second-order valence-electron chi connectivity index (χ2n) is 8.10. The van der Waals surface area contributed by atoms with Crippen molar-refractivity contribution in [1.82, 2.24) is 19.9 Å². The van der Waals surface area contributed by atoms with Crippen LogP contribution in [0.25, 0.3) is 33.5 Å². The van der Waals surface area contributed by atoms with Crippen molar-refractivity contribution in [2.75, 3.05) is 0 Å². The summed E-state index contributed by atoms with van der Waals surface area (Å²) in [5.41, 5.74) is 6.58. The van der Waals surface area contributed by atoms with Crippen molar-refractivity contribution in [3.05, 3.63) is 47.8 Å². The summed E-state index contributed by atoms with van der Waals surface area (Å²) in [6, 6.07) is 12.9. The van der Waals surface area contributed by atoms with Crippen LogP contribution in [-0.4, -0.2) is 19.9 Å². The molecule has 4 nitrogen and oxygen atoms in total. The molecule has 2 N–H and O–H groups in total. The molecule has 4 rings (SSSR count). The van der Waals surface area contributed by atoms with Crippen LogP contribution < -0.4 is 0 Å². The van der Waals surface area contributed by atoms with E-state index in [-0.39, 0.29) is 5.41 Å². The summed E-state index contributed by atoms with van der Waals surface area (Å²) in [4.78, 5) is 16.7. The Morgan fingerprint density at radius 1 is 0.889 bits per heavy atom. The van der Waals surface area contributed by atoms with Crippen molar-refractivity contribution in [2.24, 2.45) is 0 Å². The van der Waals surface area contributed by atoms with Crippen LogP contribution in [0.3, 0.4) is 0 Å².